The molecule has 9 nitrogen and oxygen atoms in total. The molecule has 1 heterocycles. The summed E-state index contributed by atoms with van der Waals surface area (Å²) >= 11 is 4.69. The van der Waals surface area contributed by atoms with Crippen molar-refractivity contribution in [2.75, 3.05) is 0 Å². The number of carbonyl (C=O) groups excluding carboxylic acids is 1. The zero-order chi connectivity index (χ0) is 19.0. The summed E-state index contributed by atoms with van der Waals surface area (Å²) in [4.78, 5) is 37.1. The van der Waals surface area contributed by atoms with Gasteiger partial charge in [0.15, 0.2) is 4.80 Å². The first kappa shape index (κ1) is 17.9. The van der Waals surface area contributed by atoms with Crippen molar-refractivity contribution in [2.24, 2.45) is 12.0 Å². The Morgan fingerprint density at radius 1 is 1.15 bits per heavy atom. The van der Waals surface area contributed by atoms with Crippen LogP contribution in [0.4, 0.5) is 11.4 Å². The summed E-state index contributed by atoms with van der Waals surface area (Å²) in [6, 6.07) is 8.31. The van der Waals surface area contributed by atoms with Crippen molar-refractivity contribution >= 4 is 54.8 Å². The van der Waals surface area contributed by atoms with Crippen LogP contribution in [0, 0.1) is 20.2 Å². The van der Waals surface area contributed by atoms with Gasteiger partial charge < -0.3 is 4.57 Å². The van der Waals surface area contributed by atoms with Crippen LogP contribution in [0.15, 0.2) is 45.9 Å². The highest BCUT2D eigenvalue weighted by molar-refractivity contribution is 9.10. The SMILES string of the molecule is Cn1c(=NC(=O)c2cc([N+](=O)[O-])cc([N+](=O)[O-])c2)sc2cccc(Br)c21. The van der Waals surface area contributed by atoms with E-state index in [1.165, 1.54) is 11.3 Å². The Bertz CT molecular complexity index is 1120. The van der Waals surface area contributed by atoms with Gasteiger partial charge in [-0.15, -0.1) is 0 Å². The zero-order valence-corrected chi connectivity index (χ0v) is 15.5. The Kier molecular flexibility index (Phi) is 4.66. The first-order valence-corrected chi connectivity index (χ1v) is 8.66. The number of nitrogens with zero attached hydrogens (tertiary/aromatic N) is 4. The average molecular weight is 437 g/mol. The van der Waals surface area contributed by atoms with Crippen LogP contribution in [-0.4, -0.2) is 20.3 Å². The fraction of sp³-hybridized carbons (Fsp3) is 0.0667. The number of fused-ring (bicyclic) bond motifs is 1. The Balaban J connectivity index is 2.15. The van der Waals surface area contributed by atoms with Crippen LogP contribution in [0.5, 0.6) is 0 Å². The summed E-state index contributed by atoms with van der Waals surface area (Å²) in [7, 11) is 1.73. The number of halogens is 1. The predicted octanol–water partition coefficient (Wildman–Crippen LogP) is 3.56. The number of non-ortho nitro benzene ring substituents is 2. The third-order valence-corrected chi connectivity index (χ3v) is 5.28. The topological polar surface area (TPSA) is 121 Å². The Morgan fingerprint density at radius 2 is 1.77 bits per heavy atom. The molecule has 0 unspecified atom stereocenters. The minimum absolute atomic E-state index is 0.220. The molecule has 1 amide bonds. The van der Waals surface area contributed by atoms with Crippen LogP contribution < -0.4 is 4.80 Å². The van der Waals surface area contributed by atoms with Crippen molar-refractivity contribution in [3.63, 3.8) is 0 Å². The number of thiazole rings is 1. The third kappa shape index (κ3) is 3.26. The molecule has 1 aromatic heterocycles. The van der Waals surface area contributed by atoms with E-state index in [1.54, 1.807) is 11.6 Å². The van der Waals surface area contributed by atoms with Gasteiger partial charge in [0.25, 0.3) is 17.3 Å². The van der Waals surface area contributed by atoms with Gasteiger partial charge in [0.1, 0.15) is 0 Å². The van der Waals surface area contributed by atoms with Gasteiger partial charge in [0, 0.05) is 23.7 Å². The summed E-state index contributed by atoms with van der Waals surface area (Å²) in [5.74, 6) is -0.796. The molecular weight excluding hydrogens is 428 g/mol. The molecule has 0 spiro atoms. The highest BCUT2D eigenvalue weighted by atomic mass is 79.9. The number of nitro groups is 2. The largest absolute Gasteiger partial charge is 0.318 e. The van der Waals surface area contributed by atoms with Crippen molar-refractivity contribution in [2.45, 2.75) is 0 Å². The average Bonchev–Trinajstić information content (AvgIpc) is 2.91. The highest BCUT2D eigenvalue weighted by Gasteiger charge is 2.20. The molecule has 0 fully saturated rings. The van der Waals surface area contributed by atoms with Gasteiger partial charge in [-0.05, 0) is 28.1 Å². The van der Waals surface area contributed by atoms with E-state index in [4.69, 9.17) is 0 Å². The van der Waals surface area contributed by atoms with Crippen LogP contribution in [-0.2, 0) is 7.05 Å². The monoisotopic (exact) mass is 436 g/mol. The number of rotatable bonds is 3. The van der Waals surface area contributed by atoms with E-state index in [9.17, 15) is 25.0 Å². The smallest absolute Gasteiger partial charge is 0.280 e. The molecule has 0 radical (unpaired) electrons. The normalized spacial score (nSPS) is 11.7. The lowest BCUT2D eigenvalue weighted by molar-refractivity contribution is -0.394. The molecule has 3 rings (SSSR count). The van der Waals surface area contributed by atoms with Crippen molar-refractivity contribution < 1.29 is 14.6 Å². The van der Waals surface area contributed by atoms with Gasteiger partial charge in [0.2, 0.25) is 0 Å². The highest BCUT2D eigenvalue weighted by Crippen LogP contribution is 2.26. The van der Waals surface area contributed by atoms with Gasteiger partial charge in [-0.25, -0.2) is 0 Å². The van der Waals surface area contributed by atoms with E-state index < -0.39 is 27.1 Å². The molecule has 2 aromatic carbocycles. The van der Waals surface area contributed by atoms with Gasteiger partial charge >= 0.3 is 0 Å². The van der Waals surface area contributed by atoms with E-state index in [0.717, 1.165) is 32.9 Å². The van der Waals surface area contributed by atoms with Gasteiger partial charge in [-0.3, -0.25) is 25.0 Å². The third-order valence-electron chi connectivity index (χ3n) is 3.54. The fourth-order valence-corrected chi connectivity index (χ4v) is 4.15. The van der Waals surface area contributed by atoms with Gasteiger partial charge in [-0.1, -0.05) is 17.4 Å². The van der Waals surface area contributed by atoms with Crippen molar-refractivity contribution in [3.8, 4) is 0 Å². The summed E-state index contributed by atoms with van der Waals surface area (Å²) in [5.41, 5.74) is -0.459. The Hall–Kier alpha value is -2.92. The first-order valence-electron chi connectivity index (χ1n) is 7.05. The second-order valence-corrected chi connectivity index (χ2v) is 7.06. The number of amides is 1. The van der Waals surface area contributed by atoms with Gasteiger partial charge in [-0.2, -0.15) is 4.99 Å². The number of para-hydroxylation sites is 1. The molecule has 0 saturated carbocycles. The lowest BCUT2D eigenvalue weighted by Gasteiger charge is -1.99. The molecule has 0 saturated heterocycles. The first-order chi connectivity index (χ1) is 12.3. The minimum atomic E-state index is -0.796. The fourth-order valence-electron chi connectivity index (χ4n) is 2.34. The summed E-state index contributed by atoms with van der Waals surface area (Å²) in [6.07, 6.45) is 0. The van der Waals surface area contributed by atoms with Crippen molar-refractivity contribution in [1.82, 2.24) is 4.57 Å². The maximum atomic E-state index is 12.4. The molecule has 26 heavy (non-hydrogen) atoms. The minimum Gasteiger partial charge on any atom is -0.318 e. The molecule has 3 aromatic rings. The van der Waals surface area contributed by atoms with Crippen LogP contribution in [0.1, 0.15) is 10.4 Å². The van der Waals surface area contributed by atoms with Gasteiger partial charge in [0.05, 0.1) is 31.7 Å². The van der Waals surface area contributed by atoms with Crippen LogP contribution in [0.25, 0.3) is 10.2 Å². The number of nitro benzene ring substituents is 2. The van der Waals surface area contributed by atoms with Crippen LogP contribution in [0.2, 0.25) is 0 Å². The molecule has 132 valence electrons. The molecule has 11 heteroatoms. The second-order valence-electron chi connectivity index (χ2n) is 5.20. The second kappa shape index (κ2) is 6.77. The summed E-state index contributed by atoms with van der Waals surface area (Å²) in [6.45, 7) is 0. The lowest BCUT2D eigenvalue weighted by atomic mass is 10.1. The van der Waals surface area contributed by atoms with Crippen LogP contribution >= 0.6 is 27.3 Å². The molecule has 0 N–H and O–H groups in total. The molecule has 0 aliphatic heterocycles. The number of hydrogen-bond acceptors (Lipinski definition) is 6. The number of benzene rings is 2. The van der Waals surface area contributed by atoms with Crippen molar-refractivity contribution in [3.05, 3.63) is 71.5 Å². The van der Waals surface area contributed by atoms with E-state index in [-0.39, 0.29) is 5.56 Å². The van der Waals surface area contributed by atoms with Crippen molar-refractivity contribution in [1.29, 1.82) is 0 Å². The molecule has 0 atom stereocenters. The molecule has 0 aliphatic rings. The maximum absolute atomic E-state index is 12.4. The number of carbonyl (C=O) groups is 1. The summed E-state index contributed by atoms with van der Waals surface area (Å²) < 4.78 is 3.42. The van der Waals surface area contributed by atoms with E-state index in [2.05, 4.69) is 20.9 Å². The molecule has 0 aliphatic carbocycles. The lowest BCUT2D eigenvalue weighted by Crippen LogP contribution is -2.13. The number of hydrogen-bond donors (Lipinski definition) is 0. The number of aromatic nitrogens is 1. The number of aryl methyl sites for hydroxylation is 1. The molecule has 0 bridgehead atoms. The van der Waals surface area contributed by atoms with Crippen LogP contribution in [0.3, 0.4) is 0 Å². The zero-order valence-electron chi connectivity index (χ0n) is 13.1. The summed E-state index contributed by atoms with van der Waals surface area (Å²) in [5, 5.41) is 21.9. The Morgan fingerprint density at radius 3 is 2.31 bits per heavy atom. The maximum Gasteiger partial charge on any atom is 0.280 e. The quantitative estimate of drug-likeness (QED) is 0.458. The van der Waals surface area contributed by atoms with E-state index in [0.29, 0.717) is 4.80 Å². The predicted molar refractivity (Wildman–Crippen MR) is 98.1 cm³/mol. The standard InChI is InChI=1S/C15H9BrN4O5S/c1-18-13-11(16)3-2-4-12(13)26-15(18)17-14(21)8-5-9(19(22)23)7-10(6-8)20(24)25/h2-7H,1H3. The Labute approximate surface area is 157 Å². The molecular formula is C15H9BrN4O5S. The van der Waals surface area contributed by atoms with E-state index in [1.807, 2.05) is 18.2 Å². The van der Waals surface area contributed by atoms with E-state index >= 15 is 0 Å².